The molecule has 0 aromatic rings. The fourth-order valence-electron chi connectivity index (χ4n) is 6.59. The number of hydrogen-bond acceptors (Lipinski definition) is 8. The highest BCUT2D eigenvalue weighted by atomic mass is 32.2. The first-order chi connectivity index (χ1) is 16.5. The van der Waals surface area contributed by atoms with Gasteiger partial charge in [-0.15, -0.1) is 0 Å². The van der Waals surface area contributed by atoms with E-state index in [0.717, 1.165) is 25.3 Å². The minimum atomic E-state index is -0.336. The molecule has 0 bridgehead atoms. The maximum absolute atomic E-state index is 13.6. The van der Waals surface area contributed by atoms with Gasteiger partial charge in [0.05, 0.1) is 24.8 Å². The number of nitrogens with zero attached hydrogens (tertiary/aromatic N) is 1. The molecule has 5 fully saturated rings. The maximum Gasteiger partial charge on any atom is 0.234 e. The van der Waals surface area contributed by atoms with Crippen molar-refractivity contribution in [1.29, 1.82) is 0 Å². The first kappa shape index (κ1) is 25.0. The molecule has 1 amide bonds. The van der Waals surface area contributed by atoms with Crippen LogP contribution in [0.2, 0.25) is 0 Å². The van der Waals surface area contributed by atoms with E-state index in [1.807, 2.05) is 11.8 Å². The Morgan fingerprint density at radius 3 is 2.68 bits per heavy atom. The monoisotopic (exact) mass is 493 g/mol. The summed E-state index contributed by atoms with van der Waals surface area (Å²) < 4.78 is 0. The van der Waals surface area contributed by atoms with E-state index in [0.29, 0.717) is 30.3 Å². The van der Waals surface area contributed by atoms with Crippen LogP contribution in [0.4, 0.5) is 0 Å². The molecule has 0 aromatic carbocycles. The number of piperidine rings is 2. The normalized spacial score (nSPS) is 43.6. The van der Waals surface area contributed by atoms with Gasteiger partial charge in [-0.05, 0) is 63.0 Å². The smallest absolute Gasteiger partial charge is 0.234 e. The number of hydroxylamine groups is 1. The van der Waals surface area contributed by atoms with Crippen molar-refractivity contribution >= 4 is 23.5 Å². The predicted molar refractivity (Wildman–Crippen MR) is 134 cm³/mol. The molecule has 7 atom stereocenters. The Bertz CT molecular complexity index is 727. The molecule has 0 radical (unpaired) electrons. The number of hydrogen-bond donors (Lipinski definition) is 4. The molecule has 4 aliphatic heterocycles. The van der Waals surface area contributed by atoms with Gasteiger partial charge in [-0.1, -0.05) is 19.8 Å². The van der Waals surface area contributed by atoms with Crippen molar-refractivity contribution in [2.45, 2.75) is 95.1 Å². The molecule has 5 rings (SSSR count). The average molecular weight is 494 g/mol. The van der Waals surface area contributed by atoms with Crippen molar-refractivity contribution in [3.63, 3.8) is 0 Å². The molecular formula is C25H43N5O3S. The number of likely N-dealkylation sites (tertiary alicyclic amines) is 1. The molecule has 34 heavy (non-hydrogen) atoms. The van der Waals surface area contributed by atoms with Crippen LogP contribution in [0.25, 0.3) is 0 Å². The number of Topliss-reactive ketones (excluding diaryl/α,β-unsaturated/α-hetero) is 1. The summed E-state index contributed by atoms with van der Waals surface area (Å²) in [6.45, 7) is 6.11. The zero-order chi connectivity index (χ0) is 23.7. The summed E-state index contributed by atoms with van der Waals surface area (Å²) in [4.78, 5) is 34.7. The number of amides is 1. The van der Waals surface area contributed by atoms with E-state index in [1.165, 1.54) is 44.3 Å². The van der Waals surface area contributed by atoms with Crippen LogP contribution < -0.4 is 21.4 Å². The maximum atomic E-state index is 13.6. The molecule has 0 spiro atoms. The lowest BCUT2D eigenvalue weighted by atomic mass is 9.78. The summed E-state index contributed by atoms with van der Waals surface area (Å²) in [7, 11) is 0. The van der Waals surface area contributed by atoms with Gasteiger partial charge < -0.3 is 5.32 Å². The summed E-state index contributed by atoms with van der Waals surface area (Å²) in [5.74, 6) is 2.53. The Kier molecular flexibility index (Phi) is 8.17. The second kappa shape index (κ2) is 11.1. The highest BCUT2D eigenvalue weighted by molar-refractivity contribution is 8.00. The van der Waals surface area contributed by atoms with Gasteiger partial charge in [0.1, 0.15) is 12.0 Å². The van der Waals surface area contributed by atoms with E-state index in [4.69, 9.17) is 4.84 Å². The lowest BCUT2D eigenvalue weighted by Crippen LogP contribution is -2.67. The fourth-order valence-corrected chi connectivity index (χ4v) is 7.79. The van der Waals surface area contributed by atoms with E-state index in [2.05, 4.69) is 40.2 Å². The van der Waals surface area contributed by atoms with E-state index >= 15 is 0 Å². The Balaban J connectivity index is 1.22. The van der Waals surface area contributed by atoms with Gasteiger partial charge >= 0.3 is 0 Å². The van der Waals surface area contributed by atoms with Gasteiger partial charge in [-0.25, -0.2) is 0 Å². The van der Waals surface area contributed by atoms with Gasteiger partial charge in [0.15, 0.2) is 0 Å². The second-order valence-electron chi connectivity index (χ2n) is 11.4. The molecule has 4 heterocycles. The summed E-state index contributed by atoms with van der Waals surface area (Å²) in [6, 6.07) is 0.353. The Hall–Kier alpha value is -0.710. The fraction of sp³-hybridized carbons (Fsp3) is 0.920. The van der Waals surface area contributed by atoms with Crippen LogP contribution in [0.5, 0.6) is 0 Å². The predicted octanol–water partition coefficient (Wildman–Crippen LogP) is 1.82. The number of rotatable bonds is 6. The second-order valence-corrected chi connectivity index (χ2v) is 12.8. The third kappa shape index (κ3) is 5.65. The van der Waals surface area contributed by atoms with Gasteiger partial charge in [0.2, 0.25) is 5.91 Å². The van der Waals surface area contributed by atoms with Crippen LogP contribution >= 0.6 is 11.8 Å². The van der Waals surface area contributed by atoms with Gasteiger partial charge in [-0.2, -0.15) is 17.2 Å². The number of nitrogens with one attached hydrogen (secondary N) is 4. The topological polar surface area (TPSA) is 94.7 Å². The number of fused-ring (bicyclic) bond motifs is 1. The van der Waals surface area contributed by atoms with Crippen LogP contribution in [-0.2, 0) is 14.4 Å². The first-order valence-electron chi connectivity index (χ1n) is 13.6. The van der Waals surface area contributed by atoms with Gasteiger partial charge in [0, 0.05) is 30.3 Å². The third-order valence-corrected chi connectivity index (χ3v) is 10.2. The van der Waals surface area contributed by atoms with Crippen molar-refractivity contribution in [3.05, 3.63) is 0 Å². The van der Waals surface area contributed by atoms with Crippen LogP contribution in [0.3, 0.4) is 0 Å². The lowest BCUT2D eigenvalue weighted by molar-refractivity contribution is -0.149. The Morgan fingerprint density at radius 2 is 1.91 bits per heavy atom. The highest BCUT2D eigenvalue weighted by Crippen LogP contribution is 2.35. The lowest BCUT2D eigenvalue weighted by Gasteiger charge is -2.48. The molecule has 1 saturated carbocycles. The Morgan fingerprint density at radius 1 is 1.09 bits per heavy atom. The SMILES string of the molecule is CC1CCC(C2NOC(C3CN(CC(=O)NCC4CCCS4)C4NC(C)CCC4C3=O)N2)CC1. The molecular weight excluding hydrogens is 450 g/mol. The van der Waals surface area contributed by atoms with E-state index in [9.17, 15) is 9.59 Å². The van der Waals surface area contributed by atoms with Crippen LogP contribution in [0.15, 0.2) is 0 Å². The van der Waals surface area contributed by atoms with E-state index in [-0.39, 0.29) is 42.1 Å². The first-order valence-corrected chi connectivity index (χ1v) is 14.6. The minimum absolute atomic E-state index is 0.0620. The molecule has 4 saturated heterocycles. The van der Waals surface area contributed by atoms with Gasteiger partial charge in [0.25, 0.3) is 0 Å². The number of carbonyl (C=O) groups is 2. The molecule has 1 aliphatic carbocycles. The zero-order valence-corrected chi connectivity index (χ0v) is 21.6. The van der Waals surface area contributed by atoms with Gasteiger partial charge in [-0.3, -0.25) is 30.0 Å². The Labute approximate surface area is 208 Å². The zero-order valence-electron chi connectivity index (χ0n) is 20.8. The number of carbonyl (C=O) groups excluding carboxylic acids is 2. The third-order valence-electron chi connectivity index (χ3n) is 8.76. The molecule has 7 unspecified atom stereocenters. The van der Waals surface area contributed by atoms with Crippen molar-refractivity contribution in [2.75, 3.05) is 25.4 Å². The van der Waals surface area contributed by atoms with Crippen LogP contribution in [0, 0.1) is 23.7 Å². The highest BCUT2D eigenvalue weighted by Gasteiger charge is 2.50. The van der Waals surface area contributed by atoms with Crippen molar-refractivity contribution < 1.29 is 14.4 Å². The molecule has 5 aliphatic rings. The average Bonchev–Trinajstić information content (AvgIpc) is 3.52. The summed E-state index contributed by atoms with van der Waals surface area (Å²) in [5, 5.41) is 10.9. The molecule has 8 nitrogen and oxygen atoms in total. The minimum Gasteiger partial charge on any atom is -0.354 e. The molecule has 0 aromatic heterocycles. The quantitative estimate of drug-likeness (QED) is 0.445. The molecule has 4 N–H and O–H groups in total. The van der Waals surface area contributed by atoms with Crippen LogP contribution in [-0.4, -0.2) is 71.8 Å². The molecule has 9 heteroatoms. The summed E-state index contributed by atoms with van der Waals surface area (Å²) >= 11 is 1.96. The van der Waals surface area contributed by atoms with Crippen molar-refractivity contribution in [1.82, 2.24) is 26.3 Å². The van der Waals surface area contributed by atoms with E-state index in [1.54, 1.807) is 0 Å². The van der Waals surface area contributed by atoms with Crippen molar-refractivity contribution in [2.24, 2.45) is 23.7 Å². The molecule has 192 valence electrons. The largest absolute Gasteiger partial charge is 0.354 e. The number of ketones is 1. The van der Waals surface area contributed by atoms with E-state index < -0.39 is 0 Å². The standard InChI is InChI=1S/C25H43N5O3S/c1-15-5-8-17(9-6-15)23-28-25(33-29-23)20-13-30(14-21(31)26-12-18-4-3-11-34-18)24-19(22(20)32)10-7-16(2)27-24/h15-20,23-25,27-29H,3-14H2,1-2H3,(H,26,31). The van der Waals surface area contributed by atoms with Crippen LogP contribution in [0.1, 0.15) is 65.2 Å². The van der Waals surface area contributed by atoms with Crippen molar-refractivity contribution in [3.8, 4) is 0 Å². The summed E-state index contributed by atoms with van der Waals surface area (Å²) in [5.41, 5.74) is 3.22. The summed E-state index contributed by atoms with van der Waals surface area (Å²) in [6.07, 6.45) is 8.89. The number of thioether (sulfide) groups is 1.